The summed E-state index contributed by atoms with van der Waals surface area (Å²) in [6, 6.07) is 40.5. The molecular weight excluding hydrogens is 475 g/mol. The van der Waals surface area contributed by atoms with E-state index in [0.29, 0.717) is 22.6 Å². The fraction of sp³-hybridized carbons (Fsp3) is 0.0909. The minimum absolute atomic E-state index is 0. The summed E-state index contributed by atoms with van der Waals surface area (Å²) in [6.07, 6.45) is 0. The molecule has 0 saturated carbocycles. The number of ether oxygens (including phenoxy) is 2. The maximum absolute atomic E-state index is 15.1. The maximum Gasteiger partial charge on any atom is 0.174 e. The fourth-order valence-electron chi connectivity index (χ4n) is 4.22. The van der Waals surface area contributed by atoms with Crippen molar-refractivity contribution in [1.29, 1.82) is 0 Å². The van der Waals surface area contributed by atoms with Gasteiger partial charge in [0.25, 0.3) is 0 Å². The highest BCUT2D eigenvalue weighted by atomic mass is 31.2. The molecule has 0 aromatic heterocycles. The zero-order chi connectivity index (χ0) is 25.0. The lowest BCUT2D eigenvalue weighted by Crippen LogP contribution is -2.26. The highest BCUT2D eigenvalue weighted by molar-refractivity contribution is 7.85. The van der Waals surface area contributed by atoms with E-state index in [1.165, 1.54) is 0 Å². The summed E-state index contributed by atoms with van der Waals surface area (Å²) in [5.74, 6) is 2.52. The molecule has 0 aliphatic heterocycles. The van der Waals surface area contributed by atoms with Crippen LogP contribution in [-0.4, -0.2) is 0 Å². The molecule has 0 heterocycles. The van der Waals surface area contributed by atoms with Crippen molar-refractivity contribution in [3.8, 4) is 23.0 Å². The van der Waals surface area contributed by atoms with Gasteiger partial charge in [0.05, 0.1) is 5.30 Å². The zero-order valence-electron chi connectivity index (χ0n) is 20.3. The molecule has 0 N–H and O–H groups in total. The zero-order valence-corrected chi connectivity index (χ0v) is 21.2. The van der Waals surface area contributed by atoms with Crippen LogP contribution in [0.2, 0.25) is 0 Å². The van der Waals surface area contributed by atoms with Crippen molar-refractivity contribution in [2.45, 2.75) is 21.3 Å². The van der Waals surface area contributed by atoms with Crippen molar-refractivity contribution in [3.05, 3.63) is 139 Å². The van der Waals surface area contributed by atoms with Crippen LogP contribution in [0.3, 0.4) is 0 Å². The predicted molar refractivity (Wildman–Crippen MR) is 155 cm³/mol. The molecule has 0 aliphatic rings. The summed E-state index contributed by atoms with van der Waals surface area (Å²) < 4.78 is 27.7. The monoisotopic (exact) mass is 506 g/mol. The first kappa shape index (κ1) is 26.0. The van der Waals surface area contributed by atoms with E-state index in [1.54, 1.807) is 0 Å². The summed E-state index contributed by atoms with van der Waals surface area (Å²) in [4.78, 5) is 0. The highest BCUT2D eigenvalue weighted by Crippen LogP contribution is 2.46. The second-order valence-electron chi connectivity index (χ2n) is 8.75. The van der Waals surface area contributed by atoms with Crippen LogP contribution in [0.4, 0.5) is 0 Å². The Labute approximate surface area is 219 Å². The van der Waals surface area contributed by atoms with Crippen LogP contribution >= 0.6 is 7.14 Å². The first-order valence-electron chi connectivity index (χ1n) is 11.9. The maximum atomic E-state index is 15.1. The lowest BCUT2D eigenvalue weighted by atomic mass is 10.2. The molecule has 0 amide bonds. The van der Waals surface area contributed by atoms with Crippen LogP contribution in [0.25, 0.3) is 0 Å². The van der Waals surface area contributed by atoms with Gasteiger partial charge in [-0.25, -0.2) is 0 Å². The molecule has 0 fully saturated rings. The average molecular weight is 507 g/mol. The molecule has 0 bridgehead atoms. The van der Waals surface area contributed by atoms with Crippen molar-refractivity contribution < 1.29 is 14.0 Å². The summed E-state index contributed by atoms with van der Waals surface area (Å²) in [6.45, 7) is 4.04. The smallest absolute Gasteiger partial charge is 0.174 e. The van der Waals surface area contributed by atoms with Crippen LogP contribution in [0.15, 0.2) is 127 Å². The Kier molecular flexibility index (Phi) is 7.96. The molecule has 0 radical (unpaired) electrons. The van der Waals surface area contributed by atoms with Crippen molar-refractivity contribution in [2.75, 3.05) is 0 Å². The Morgan fingerprint density at radius 3 is 1.51 bits per heavy atom. The Morgan fingerprint density at radius 2 is 1.00 bits per heavy atom. The Balaban J connectivity index is 0.00000320. The van der Waals surface area contributed by atoms with Gasteiger partial charge in [-0.3, -0.25) is 0 Å². The minimum atomic E-state index is -3.25. The van der Waals surface area contributed by atoms with Gasteiger partial charge in [-0.05, 0) is 61.4 Å². The summed E-state index contributed by atoms with van der Waals surface area (Å²) in [7, 11) is -3.25. The van der Waals surface area contributed by atoms with Gasteiger partial charge < -0.3 is 14.0 Å². The topological polar surface area (TPSA) is 35.5 Å². The molecule has 5 aromatic rings. The Bertz CT molecular complexity index is 1480. The number of rotatable bonds is 7. The van der Waals surface area contributed by atoms with Crippen LogP contribution in [0.1, 0.15) is 18.6 Å². The van der Waals surface area contributed by atoms with E-state index >= 15 is 4.57 Å². The van der Waals surface area contributed by atoms with Crippen molar-refractivity contribution in [1.82, 2.24) is 0 Å². The Morgan fingerprint density at radius 1 is 0.514 bits per heavy atom. The normalized spacial score (nSPS) is 10.9. The van der Waals surface area contributed by atoms with Gasteiger partial charge in [0.15, 0.2) is 7.14 Å². The summed E-state index contributed by atoms with van der Waals surface area (Å²) in [5, 5.41) is 2.12. The third-order valence-corrected chi connectivity index (χ3v) is 9.05. The van der Waals surface area contributed by atoms with Gasteiger partial charge in [0.1, 0.15) is 23.0 Å². The third kappa shape index (κ3) is 5.69. The third-order valence-electron chi connectivity index (χ3n) is 5.95. The lowest BCUT2D eigenvalue weighted by molar-refractivity contribution is 0.462. The SMILES string of the molecule is C.Cc1cccc(Oc2ccc(P(=O)(c3ccccc3)c3ccccc3)c(Oc3cccc(C)c3)c2)c1. The molecule has 0 atom stereocenters. The molecule has 3 nitrogen and oxygen atoms in total. The molecular formula is C33H31O3P. The van der Waals surface area contributed by atoms with E-state index in [9.17, 15) is 0 Å². The number of aryl methyl sites for hydroxylation is 2. The molecule has 186 valence electrons. The summed E-state index contributed by atoms with van der Waals surface area (Å²) >= 11 is 0. The number of hydrogen-bond donors (Lipinski definition) is 0. The molecule has 5 aromatic carbocycles. The van der Waals surface area contributed by atoms with E-state index in [0.717, 1.165) is 27.5 Å². The minimum Gasteiger partial charge on any atom is -0.457 e. The quantitative estimate of drug-likeness (QED) is 0.209. The van der Waals surface area contributed by atoms with Crippen LogP contribution in [0, 0.1) is 13.8 Å². The van der Waals surface area contributed by atoms with Gasteiger partial charge in [-0.15, -0.1) is 0 Å². The number of benzene rings is 5. The first-order chi connectivity index (χ1) is 17.5. The van der Waals surface area contributed by atoms with Gasteiger partial charge in [0.2, 0.25) is 0 Å². The van der Waals surface area contributed by atoms with Crippen LogP contribution in [0.5, 0.6) is 23.0 Å². The molecule has 0 unspecified atom stereocenters. The van der Waals surface area contributed by atoms with E-state index < -0.39 is 7.14 Å². The predicted octanol–water partition coefficient (Wildman–Crippen LogP) is 8.16. The fourth-order valence-corrected chi connectivity index (χ4v) is 6.97. The molecule has 0 spiro atoms. The molecule has 5 rings (SSSR count). The second kappa shape index (κ2) is 11.3. The molecule has 0 aliphatic carbocycles. The first-order valence-corrected chi connectivity index (χ1v) is 13.6. The molecule has 0 saturated heterocycles. The van der Waals surface area contributed by atoms with E-state index in [-0.39, 0.29) is 7.43 Å². The molecule has 4 heteroatoms. The van der Waals surface area contributed by atoms with E-state index in [1.807, 2.05) is 141 Å². The van der Waals surface area contributed by atoms with Crippen molar-refractivity contribution >= 4 is 23.1 Å². The van der Waals surface area contributed by atoms with Gasteiger partial charge in [-0.2, -0.15) is 0 Å². The number of hydrogen-bond acceptors (Lipinski definition) is 3. The average Bonchev–Trinajstić information content (AvgIpc) is 2.89. The van der Waals surface area contributed by atoms with E-state index in [2.05, 4.69) is 0 Å². The largest absolute Gasteiger partial charge is 0.457 e. The van der Waals surface area contributed by atoms with Crippen molar-refractivity contribution in [2.24, 2.45) is 0 Å². The lowest BCUT2D eigenvalue weighted by Gasteiger charge is -2.23. The molecule has 37 heavy (non-hydrogen) atoms. The van der Waals surface area contributed by atoms with Gasteiger partial charge in [0, 0.05) is 16.7 Å². The Hall–Kier alpha value is -4.07. The standard InChI is InChI=1S/C32H27O3P.CH4/c1-24-11-9-13-26(21-24)34-28-19-20-32(31(23-28)35-27-14-10-12-25(2)22-27)36(33,29-15-5-3-6-16-29)30-17-7-4-8-18-30;/h3-23H,1-2H3;1H4. The van der Waals surface area contributed by atoms with Gasteiger partial charge in [-0.1, -0.05) is 92.4 Å². The second-order valence-corrected chi connectivity index (χ2v) is 11.5. The highest BCUT2D eigenvalue weighted by Gasteiger charge is 2.33. The van der Waals surface area contributed by atoms with Crippen LogP contribution < -0.4 is 25.4 Å². The van der Waals surface area contributed by atoms with Crippen molar-refractivity contribution in [3.63, 3.8) is 0 Å². The van der Waals surface area contributed by atoms with Crippen LogP contribution in [-0.2, 0) is 4.57 Å². The summed E-state index contributed by atoms with van der Waals surface area (Å²) in [5.41, 5.74) is 2.19. The van der Waals surface area contributed by atoms with Gasteiger partial charge >= 0.3 is 0 Å². The van der Waals surface area contributed by atoms with E-state index in [4.69, 9.17) is 9.47 Å².